The molecule has 1 saturated carbocycles. The highest BCUT2D eigenvalue weighted by Gasteiger charge is 2.33. The van der Waals surface area contributed by atoms with Crippen molar-refractivity contribution >= 4 is 17.5 Å². The number of nitrogens with one attached hydrogen (secondary N) is 2. The number of benzene rings is 1. The minimum absolute atomic E-state index is 0.0715. The van der Waals surface area contributed by atoms with E-state index in [1.165, 1.54) is 0 Å². The second-order valence-corrected chi connectivity index (χ2v) is 7.90. The molecule has 6 nitrogen and oxygen atoms in total. The molecule has 0 spiro atoms. The highest BCUT2D eigenvalue weighted by atomic mass is 16.2. The van der Waals surface area contributed by atoms with Gasteiger partial charge < -0.3 is 10.6 Å². The van der Waals surface area contributed by atoms with Gasteiger partial charge in [0.2, 0.25) is 5.91 Å². The Kier molecular flexibility index (Phi) is 4.42. The molecule has 2 aromatic rings. The Balaban J connectivity index is 1.55. The largest absolute Gasteiger partial charge is 0.356 e. The van der Waals surface area contributed by atoms with Crippen molar-refractivity contribution in [2.45, 2.75) is 50.9 Å². The van der Waals surface area contributed by atoms with Crippen molar-refractivity contribution in [1.82, 2.24) is 15.3 Å². The minimum Gasteiger partial charge on any atom is -0.356 e. The Bertz CT molecular complexity index is 907. The van der Waals surface area contributed by atoms with Crippen LogP contribution in [0.1, 0.15) is 66.1 Å². The summed E-state index contributed by atoms with van der Waals surface area (Å²) in [5, 5.41) is 5.83. The first kappa shape index (κ1) is 17.6. The lowest BCUT2D eigenvalue weighted by Gasteiger charge is -2.34. The summed E-state index contributed by atoms with van der Waals surface area (Å²) in [6.07, 6.45) is 3.53. The van der Waals surface area contributed by atoms with E-state index in [1.807, 2.05) is 31.2 Å². The molecule has 1 aromatic carbocycles. The average molecular weight is 364 g/mol. The lowest BCUT2D eigenvalue weighted by atomic mass is 9.74. The van der Waals surface area contributed by atoms with Gasteiger partial charge in [0, 0.05) is 35.7 Å². The van der Waals surface area contributed by atoms with Crippen LogP contribution in [0.2, 0.25) is 0 Å². The van der Waals surface area contributed by atoms with Crippen LogP contribution < -0.4 is 10.6 Å². The van der Waals surface area contributed by atoms with E-state index in [4.69, 9.17) is 0 Å². The maximum absolute atomic E-state index is 12.7. The summed E-state index contributed by atoms with van der Waals surface area (Å²) in [5.74, 6) is 1.01. The van der Waals surface area contributed by atoms with Gasteiger partial charge in [0.05, 0.1) is 0 Å². The number of hydrogen-bond acceptors (Lipinski definition) is 4. The van der Waals surface area contributed by atoms with E-state index < -0.39 is 0 Å². The number of aryl methyl sites for hydroxylation is 1. The number of piperidine rings is 1. The van der Waals surface area contributed by atoms with Gasteiger partial charge in [-0.25, -0.2) is 9.97 Å². The Hall–Kier alpha value is -2.76. The van der Waals surface area contributed by atoms with E-state index in [1.54, 1.807) is 6.07 Å². The number of anilines is 1. The van der Waals surface area contributed by atoms with Crippen molar-refractivity contribution in [3.05, 3.63) is 53.1 Å². The molecule has 0 radical (unpaired) electrons. The maximum Gasteiger partial charge on any atom is 0.274 e. The smallest absolute Gasteiger partial charge is 0.274 e. The molecule has 2 heterocycles. The summed E-state index contributed by atoms with van der Waals surface area (Å²) in [6, 6.07) is 9.49. The fourth-order valence-electron chi connectivity index (χ4n) is 3.63. The summed E-state index contributed by atoms with van der Waals surface area (Å²) in [4.78, 5) is 33.4. The SMILES string of the molecule is Cc1cc(C(=O)Nc2cccc([C@@]3(C)CCNC(=O)C3)c2)nc(C2CC2)n1. The normalized spacial score (nSPS) is 22.2. The number of carbonyl (C=O) groups excluding carboxylic acids is 2. The van der Waals surface area contributed by atoms with Crippen molar-refractivity contribution < 1.29 is 9.59 Å². The first-order valence-electron chi connectivity index (χ1n) is 9.47. The van der Waals surface area contributed by atoms with Crippen molar-refractivity contribution in [3.63, 3.8) is 0 Å². The van der Waals surface area contributed by atoms with E-state index in [0.29, 0.717) is 30.3 Å². The Morgan fingerprint density at radius 1 is 1.26 bits per heavy atom. The summed E-state index contributed by atoms with van der Waals surface area (Å²) in [5.41, 5.74) is 2.78. The predicted octanol–water partition coefficient (Wildman–Crippen LogP) is 3.08. The predicted molar refractivity (Wildman–Crippen MR) is 103 cm³/mol. The zero-order valence-electron chi connectivity index (χ0n) is 15.7. The highest BCUT2D eigenvalue weighted by Crippen LogP contribution is 2.38. The van der Waals surface area contributed by atoms with Crippen LogP contribution in [0, 0.1) is 6.92 Å². The molecular weight excluding hydrogens is 340 g/mol. The standard InChI is InChI=1S/C21H24N4O2/c1-13-10-17(25-19(23-13)14-6-7-14)20(27)24-16-5-3-4-15(11-16)21(2)8-9-22-18(26)12-21/h3-5,10-11,14H,6-9,12H2,1-2H3,(H,22,26)(H,24,27)/t21-/m0/s1. The lowest BCUT2D eigenvalue weighted by molar-refractivity contribution is -0.123. The zero-order chi connectivity index (χ0) is 19.0. The Morgan fingerprint density at radius 3 is 2.81 bits per heavy atom. The monoisotopic (exact) mass is 364 g/mol. The van der Waals surface area contributed by atoms with Gasteiger partial charge in [0.1, 0.15) is 11.5 Å². The third-order valence-electron chi connectivity index (χ3n) is 5.41. The van der Waals surface area contributed by atoms with Crippen LogP contribution in [0.15, 0.2) is 30.3 Å². The topological polar surface area (TPSA) is 84.0 Å². The van der Waals surface area contributed by atoms with Crippen molar-refractivity contribution in [1.29, 1.82) is 0 Å². The molecule has 2 N–H and O–H groups in total. The van der Waals surface area contributed by atoms with Crippen LogP contribution in [-0.4, -0.2) is 28.3 Å². The second-order valence-electron chi connectivity index (χ2n) is 7.90. The molecule has 0 bridgehead atoms. The van der Waals surface area contributed by atoms with E-state index in [2.05, 4.69) is 27.5 Å². The zero-order valence-corrected chi connectivity index (χ0v) is 15.7. The van der Waals surface area contributed by atoms with Gasteiger partial charge in [-0.1, -0.05) is 19.1 Å². The molecule has 140 valence electrons. The quantitative estimate of drug-likeness (QED) is 0.873. The summed E-state index contributed by atoms with van der Waals surface area (Å²) < 4.78 is 0. The number of carbonyl (C=O) groups is 2. The highest BCUT2D eigenvalue weighted by molar-refractivity contribution is 6.03. The summed E-state index contributed by atoms with van der Waals surface area (Å²) >= 11 is 0. The molecule has 1 saturated heterocycles. The Morgan fingerprint density at radius 2 is 2.07 bits per heavy atom. The van der Waals surface area contributed by atoms with Gasteiger partial charge in [-0.2, -0.15) is 0 Å². The summed E-state index contributed by atoms with van der Waals surface area (Å²) in [6.45, 7) is 4.67. The van der Waals surface area contributed by atoms with Gasteiger partial charge in [-0.05, 0) is 49.9 Å². The van der Waals surface area contributed by atoms with Crippen LogP contribution in [0.5, 0.6) is 0 Å². The van der Waals surface area contributed by atoms with Crippen LogP contribution in [0.25, 0.3) is 0 Å². The molecular formula is C21H24N4O2. The van der Waals surface area contributed by atoms with Gasteiger partial charge >= 0.3 is 0 Å². The van der Waals surface area contributed by atoms with Crippen molar-refractivity contribution in [3.8, 4) is 0 Å². The molecule has 2 aliphatic rings. The number of nitrogens with zero attached hydrogens (tertiary/aromatic N) is 2. The molecule has 6 heteroatoms. The Labute approximate surface area is 158 Å². The van der Waals surface area contributed by atoms with Crippen LogP contribution in [0.3, 0.4) is 0 Å². The average Bonchev–Trinajstić information content (AvgIpc) is 3.46. The lowest BCUT2D eigenvalue weighted by Crippen LogP contribution is -2.41. The van der Waals surface area contributed by atoms with Crippen LogP contribution in [-0.2, 0) is 10.2 Å². The molecule has 27 heavy (non-hydrogen) atoms. The first-order valence-corrected chi connectivity index (χ1v) is 9.47. The first-order chi connectivity index (χ1) is 12.9. The van der Waals surface area contributed by atoms with E-state index in [9.17, 15) is 9.59 Å². The molecule has 2 fully saturated rings. The van der Waals surface area contributed by atoms with E-state index >= 15 is 0 Å². The number of hydrogen-bond donors (Lipinski definition) is 2. The fraction of sp³-hybridized carbons (Fsp3) is 0.429. The van der Waals surface area contributed by atoms with E-state index in [-0.39, 0.29) is 17.2 Å². The molecule has 2 amide bonds. The fourth-order valence-corrected chi connectivity index (χ4v) is 3.63. The molecule has 1 aliphatic heterocycles. The molecule has 1 aliphatic carbocycles. The second kappa shape index (κ2) is 6.76. The number of amides is 2. The summed E-state index contributed by atoms with van der Waals surface area (Å²) in [7, 11) is 0. The minimum atomic E-state index is -0.230. The molecule has 1 aromatic heterocycles. The number of aromatic nitrogens is 2. The number of rotatable bonds is 4. The van der Waals surface area contributed by atoms with Gasteiger partial charge in [-0.3, -0.25) is 9.59 Å². The third-order valence-corrected chi connectivity index (χ3v) is 5.41. The van der Waals surface area contributed by atoms with E-state index in [0.717, 1.165) is 36.3 Å². The molecule has 4 rings (SSSR count). The molecule has 1 atom stereocenters. The van der Waals surface area contributed by atoms with Gasteiger partial charge in [-0.15, -0.1) is 0 Å². The van der Waals surface area contributed by atoms with Gasteiger partial charge in [0.25, 0.3) is 5.91 Å². The van der Waals surface area contributed by atoms with Gasteiger partial charge in [0.15, 0.2) is 0 Å². The maximum atomic E-state index is 12.7. The van der Waals surface area contributed by atoms with Crippen molar-refractivity contribution in [2.24, 2.45) is 0 Å². The molecule has 0 unspecified atom stereocenters. The van der Waals surface area contributed by atoms with Crippen molar-refractivity contribution in [2.75, 3.05) is 11.9 Å². The third kappa shape index (κ3) is 3.84. The van der Waals surface area contributed by atoms with Crippen LogP contribution >= 0.6 is 0 Å². The van der Waals surface area contributed by atoms with Crippen LogP contribution in [0.4, 0.5) is 5.69 Å².